The van der Waals surface area contributed by atoms with Crippen LogP contribution in [0.1, 0.15) is 24.0 Å². The van der Waals surface area contributed by atoms with Crippen LogP contribution < -0.4 is 16.0 Å². The van der Waals surface area contributed by atoms with Crippen LogP contribution in [0.2, 0.25) is 0 Å². The highest BCUT2D eigenvalue weighted by molar-refractivity contribution is 5.79. The minimum atomic E-state index is 0.272. The summed E-state index contributed by atoms with van der Waals surface area (Å²) in [6.07, 6.45) is 2.47. The first kappa shape index (κ1) is 19.2. The summed E-state index contributed by atoms with van der Waals surface area (Å²) in [5.74, 6) is 0.847. The highest BCUT2D eigenvalue weighted by atomic mass is 16.5. The molecular formula is C22H30N4O. The minimum Gasteiger partial charge on any atom is -0.383 e. The zero-order chi connectivity index (χ0) is 19.0. The molecule has 0 radical (unpaired) electrons. The number of rotatable bonds is 9. The first-order valence-corrected chi connectivity index (χ1v) is 9.57. The average molecular weight is 367 g/mol. The average Bonchev–Trinajstić information content (AvgIpc) is 3.51. The van der Waals surface area contributed by atoms with Crippen LogP contribution in [0.3, 0.4) is 0 Å². The third-order valence-corrected chi connectivity index (χ3v) is 5.11. The summed E-state index contributed by atoms with van der Waals surface area (Å²) in [5.41, 5.74) is 4.02. The Balaban J connectivity index is 1.46. The van der Waals surface area contributed by atoms with E-state index in [0.717, 1.165) is 31.3 Å². The van der Waals surface area contributed by atoms with Gasteiger partial charge in [0.15, 0.2) is 5.96 Å². The van der Waals surface area contributed by atoms with Crippen LogP contribution >= 0.6 is 0 Å². The van der Waals surface area contributed by atoms with Gasteiger partial charge in [0.05, 0.1) is 6.61 Å². The van der Waals surface area contributed by atoms with Crippen molar-refractivity contribution >= 4 is 11.6 Å². The first-order chi connectivity index (χ1) is 13.3. The van der Waals surface area contributed by atoms with E-state index in [1.165, 1.54) is 24.0 Å². The fraction of sp³-hybridized carbons (Fsp3) is 0.409. The zero-order valence-corrected chi connectivity index (χ0v) is 16.3. The van der Waals surface area contributed by atoms with Gasteiger partial charge in [-0.15, -0.1) is 0 Å². The van der Waals surface area contributed by atoms with Crippen molar-refractivity contribution in [1.29, 1.82) is 0 Å². The van der Waals surface area contributed by atoms with Crippen molar-refractivity contribution < 1.29 is 4.74 Å². The van der Waals surface area contributed by atoms with E-state index in [-0.39, 0.29) is 5.41 Å². The molecule has 144 valence electrons. The molecule has 1 aliphatic carbocycles. The van der Waals surface area contributed by atoms with Crippen molar-refractivity contribution in [2.24, 2.45) is 4.99 Å². The van der Waals surface area contributed by atoms with Crippen LogP contribution in [0.5, 0.6) is 0 Å². The van der Waals surface area contributed by atoms with Crippen LogP contribution in [0.15, 0.2) is 59.6 Å². The standard InChI is InChI=1S/C22H30N4O/c1-23-21(26-17-22(12-13-22)19-6-4-3-5-7-19)25-16-18-8-10-20(11-9-18)24-14-15-27-2/h3-11,24H,12-17H2,1-2H3,(H2,23,25,26). The summed E-state index contributed by atoms with van der Waals surface area (Å²) >= 11 is 0. The highest BCUT2D eigenvalue weighted by Gasteiger charge is 2.43. The second-order valence-corrected chi connectivity index (χ2v) is 7.04. The Morgan fingerprint density at radius 1 is 1.04 bits per heavy atom. The number of guanidine groups is 1. The summed E-state index contributed by atoms with van der Waals surface area (Å²) in [6.45, 7) is 3.18. The fourth-order valence-corrected chi connectivity index (χ4v) is 3.21. The number of hydrogen-bond donors (Lipinski definition) is 3. The summed E-state index contributed by atoms with van der Waals surface area (Å²) in [6, 6.07) is 19.2. The molecule has 0 aliphatic heterocycles. The Labute approximate surface area is 162 Å². The molecule has 0 amide bonds. The van der Waals surface area contributed by atoms with Crippen molar-refractivity contribution in [2.45, 2.75) is 24.8 Å². The van der Waals surface area contributed by atoms with Crippen LogP contribution in [0.25, 0.3) is 0 Å². The van der Waals surface area contributed by atoms with Gasteiger partial charge in [0, 0.05) is 44.9 Å². The van der Waals surface area contributed by atoms with Gasteiger partial charge >= 0.3 is 0 Å². The van der Waals surface area contributed by atoms with Crippen molar-refractivity contribution in [3.8, 4) is 0 Å². The van der Waals surface area contributed by atoms with E-state index >= 15 is 0 Å². The number of hydrogen-bond acceptors (Lipinski definition) is 3. The quantitative estimate of drug-likeness (QED) is 0.363. The summed E-state index contributed by atoms with van der Waals surface area (Å²) in [4.78, 5) is 4.36. The van der Waals surface area contributed by atoms with Gasteiger partial charge in [0.25, 0.3) is 0 Å². The van der Waals surface area contributed by atoms with Gasteiger partial charge in [-0.25, -0.2) is 0 Å². The molecule has 3 N–H and O–H groups in total. The predicted molar refractivity (Wildman–Crippen MR) is 112 cm³/mol. The molecule has 5 nitrogen and oxygen atoms in total. The Morgan fingerprint density at radius 2 is 1.78 bits per heavy atom. The van der Waals surface area contributed by atoms with Gasteiger partial charge in [-0.1, -0.05) is 42.5 Å². The molecule has 0 heterocycles. The second kappa shape index (κ2) is 9.42. The van der Waals surface area contributed by atoms with Crippen LogP contribution in [0.4, 0.5) is 5.69 Å². The normalized spacial score (nSPS) is 15.3. The summed E-state index contributed by atoms with van der Waals surface area (Å²) < 4.78 is 5.05. The van der Waals surface area contributed by atoms with Gasteiger partial charge in [-0.2, -0.15) is 0 Å². The summed E-state index contributed by atoms with van der Waals surface area (Å²) in [7, 11) is 3.53. The van der Waals surface area contributed by atoms with E-state index in [9.17, 15) is 0 Å². The maximum Gasteiger partial charge on any atom is 0.191 e. The van der Waals surface area contributed by atoms with Crippen molar-refractivity contribution in [2.75, 3.05) is 39.2 Å². The fourth-order valence-electron chi connectivity index (χ4n) is 3.21. The minimum absolute atomic E-state index is 0.272. The zero-order valence-electron chi connectivity index (χ0n) is 16.3. The lowest BCUT2D eigenvalue weighted by atomic mass is 9.96. The smallest absolute Gasteiger partial charge is 0.191 e. The molecule has 0 spiro atoms. The molecule has 27 heavy (non-hydrogen) atoms. The Kier molecular flexibility index (Phi) is 6.71. The van der Waals surface area contributed by atoms with Crippen LogP contribution in [-0.2, 0) is 16.7 Å². The number of aliphatic imine (C=N–C) groups is 1. The van der Waals surface area contributed by atoms with E-state index in [2.05, 4.69) is 75.5 Å². The van der Waals surface area contributed by atoms with Crippen molar-refractivity contribution in [3.63, 3.8) is 0 Å². The van der Waals surface area contributed by atoms with Crippen LogP contribution in [0, 0.1) is 0 Å². The van der Waals surface area contributed by atoms with E-state index in [1.807, 2.05) is 7.05 Å². The molecule has 2 aromatic rings. The molecule has 2 aromatic carbocycles. The molecule has 0 atom stereocenters. The third kappa shape index (κ3) is 5.47. The molecule has 3 rings (SSSR count). The Morgan fingerprint density at radius 3 is 2.41 bits per heavy atom. The van der Waals surface area contributed by atoms with E-state index in [0.29, 0.717) is 6.61 Å². The first-order valence-electron chi connectivity index (χ1n) is 9.57. The molecule has 5 heteroatoms. The maximum atomic E-state index is 5.05. The molecule has 1 saturated carbocycles. The van der Waals surface area contributed by atoms with Gasteiger partial charge in [0.2, 0.25) is 0 Å². The molecule has 0 bridgehead atoms. The molecule has 0 unspecified atom stereocenters. The van der Waals surface area contributed by atoms with E-state index in [4.69, 9.17) is 4.74 Å². The van der Waals surface area contributed by atoms with Gasteiger partial charge in [-0.05, 0) is 36.1 Å². The number of anilines is 1. The number of methoxy groups -OCH3 is 1. The topological polar surface area (TPSA) is 57.7 Å². The SMILES string of the molecule is CN=C(NCc1ccc(NCCOC)cc1)NCC1(c2ccccc2)CC1. The lowest BCUT2D eigenvalue weighted by Gasteiger charge is -2.19. The number of nitrogens with one attached hydrogen (secondary N) is 3. The molecule has 1 fully saturated rings. The maximum absolute atomic E-state index is 5.05. The van der Waals surface area contributed by atoms with Gasteiger partial charge in [-0.3, -0.25) is 4.99 Å². The second-order valence-electron chi connectivity index (χ2n) is 7.04. The Bertz CT molecular complexity index is 724. The third-order valence-electron chi connectivity index (χ3n) is 5.11. The highest BCUT2D eigenvalue weighted by Crippen LogP contribution is 2.47. The van der Waals surface area contributed by atoms with Crippen molar-refractivity contribution in [1.82, 2.24) is 10.6 Å². The number of benzene rings is 2. The summed E-state index contributed by atoms with van der Waals surface area (Å²) in [5, 5.41) is 10.2. The van der Waals surface area contributed by atoms with Gasteiger partial charge in [0.1, 0.15) is 0 Å². The van der Waals surface area contributed by atoms with E-state index in [1.54, 1.807) is 7.11 Å². The Hall–Kier alpha value is -2.53. The molecule has 1 aliphatic rings. The monoisotopic (exact) mass is 366 g/mol. The molecule has 0 saturated heterocycles. The van der Waals surface area contributed by atoms with Crippen LogP contribution in [-0.4, -0.2) is 39.8 Å². The predicted octanol–water partition coefficient (Wildman–Crippen LogP) is 3.14. The molecular weight excluding hydrogens is 336 g/mol. The number of ether oxygens (including phenoxy) is 1. The molecule has 0 aromatic heterocycles. The lowest BCUT2D eigenvalue weighted by Crippen LogP contribution is -2.40. The van der Waals surface area contributed by atoms with E-state index < -0.39 is 0 Å². The van der Waals surface area contributed by atoms with Crippen molar-refractivity contribution in [3.05, 3.63) is 65.7 Å². The lowest BCUT2D eigenvalue weighted by molar-refractivity contribution is 0.211. The van der Waals surface area contributed by atoms with Gasteiger partial charge < -0.3 is 20.7 Å². The largest absolute Gasteiger partial charge is 0.383 e. The number of nitrogens with zero attached hydrogens (tertiary/aromatic N) is 1.